The van der Waals surface area contributed by atoms with E-state index in [1.54, 1.807) is 32.1 Å². The van der Waals surface area contributed by atoms with Gasteiger partial charge in [0.2, 0.25) is 0 Å². The highest BCUT2D eigenvalue weighted by atomic mass is 32.2. The van der Waals surface area contributed by atoms with Gasteiger partial charge in [-0.2, -0.15) is 8.42 Å². The first-order chi connectivity index (χ1) is 9.81. The van der Waals surface area contributed by atoms with Gasteiger partial charge in [0.05, 0.1) is 4.91 Å². The van der Waals surface area contributed by atoms with Crippen molar-refractivity contribution in [3.8, 4) is 0 Å². The first kappa shape index (κ1) is 16.9. The molecule has 0 saturated carbocycles. The maximum atomic E-state index is 12.3. The molecular weight excluding hydrogens is 284 g/mol. The number of aryl methyl sites for hydroxylation is 1. The molecule has 0 aromatic heterocycles. The number of nitrogens with zero attached hydrogens (tertiary/aromatic N) is 1. The monoisotopic (exact) mass is 304 g/mol. The van der Waals surface area contributed by atoms with Crippen molar-refractivity contribution in [3.63, 3.8) is 0 Å². The molecule has 5 heteroatoms. The molecule has 0 heterocycles. The number of nitrogens with two attached hydrogens (primary N) is 1. The number of sulfonamides is 1. The van der Waals surface area contributed by atoms with Crippen LogP contribution in [-0.4, -0.2) is 14.3 Å². The van der Waals surface area contributed by atoms with E-state index in [0.29, 0.717) is 11.1 Å². The van der Waals surface area contributed by atoms with Gasteiger partial charge >= 0.3 is 0 Å². The van der Waals surface area contributed by atoms with Crippen molar-refractivity contribution in [2.75, 3.05) is 0 Å². The number of amidine groups is 1. The third-order valence-electron chi connectivity index (χ3n) is 2.93. The van der Waals surface area contributed by atoms with E-state index in [0.717, 1.165) is 5.56 Å². The predicted octanol–water partition coefficient (Wildman–Crippen LogP) is 3.07. The maximum Gasteiger partial charge on any atom is 0.284 e. The van der Waals surface area contributed by atoms with Crippen molar-refractivity contribution in [1.82, 2.24) is 0 Å². The predicted molar refractivity (Wildman–Crippen MR) is 88.5 cm³/mol. The van der Waals surface area contributed by atoms with Gasteiger partial charge in [-0.25, -0.2) is 0 Å². The van der Waals surface area contributed by atoms with Crippen molar-refractivity contribution < 1.29 is 8.42 Å². The van der Waals surface area contributed by atoms with E-state index in [-0.39, 0.29) is 10.7 Å². The Morgan fingerprint density at radius 2 is 1.86 bits per heavy atom. The zero-order chi connectivity index (χ0) is 16.0. The lowest BCUT2D eigenvalue weighted by atomic mass is 10.1. The summed E-state index contributed by atoms with van der Waals surface area (Å²) in [5.41, 5.74) is 8.03. The number of allylic oxidation sites excluding steroid dienone is 4. The Labute approximate surface area is 126 Å². The SMILES string of the molecule is C=C/C=C(\C(C)=C/C)S(=O)(=O)N=C(N)c1ccc(C)cc1. The van der Waals surface area contributed by atoms with Crippen LogP contribution in [0.5, 0.6) is 0 Å². The van der Waals surface area contributed by atoms with Crippen LogP contribution in [0.15, 0.2) is 63.9 Å². The quantitative estimate of drug-likeness (QED) is 0.516. The number of benzene rings is 1. The third-order valence-corrected chi connectivity index (χ3v) is 4.39. The Morgan fingerprint density at radius 3 is 2.33 bits per heavy atom. The van der Waals surface area contributed by atoms with E-state index in [1.807, 2.05) is 19.1 Å². The van der Waals surface area contributed by atoms with Crippen LogP contribution in [0.1, 0.15) is 25.0 Å². The van der Waals surface area contributed by atoms with Crippen molar-refractivity contribution >= 4 is 15.9 Å². The molecule has 0 aliphatic carbocycles. The number of hydrogen-bond donors (Lipinski definition) is 1. The highest BCUT2D eigenvalue weighted by molar-refractivity contribution is 7.94. The largest absolute Gasteiger partial charge is 0.383 e. The molecule has 0 aliphatic rings. The number of hydrogen-bond acceptors (Lipinski definition) is 2. The summed E-state index contributed by atoms with van der Waals surface area (Å²) in [6.45, 7) is 8.93. The first-order valence-electron chi connectivity index (χ1n) is 6.45. The molecule has 1 aromatic rings. The second-order valence-electron chi connectivity index (χ2n) is 4.56. The molecule has 21 heavy (non-hydrogen) atoms. The molecule has 0 amide bonds. The minimum absolute atomic E-state index is 0.0335. The third kappa shape index (κ3) is 4.43. The summed E-state index contributed by atoms with van der Waals surface area (Å²) in [7, 11) is -3.87. The minimum Gasteiger partial charge on any atom is -0.383 e. The van der Waals surface area contributed by atoms with Gasteiger partial charge in [-0.1, -0.05) is 48.6 Å². The van der Waals surface area contributed by atoms with Gasteiger partial charge in [-0.05, 0) is 32.4 Å². The molecule has 0 saturated heterocycles. The van der Waals surface area contributed by atoms with Crippen LogP contribution in [0.2, 0.25) is 0 Å². The zero-order valence-corrected chi connectivity index (χ0v) is 13.3. The molecule has 0 atom stereocenters. The van der Waals surface area contributed by atoms with Gasteiger partial charge in [-0.15, -0.1) is 4.40 Å². The fraction of sp³-hybridized carbons (Fsp3) is 0.188. The van der Waals surface area contributed by atoms with Crippen molar-refractivity contribution in [2.24, 2.45) is 10.1 Å². The van der Waals surface area contributed by atoms with Gasteiger partial charge in [0.25, 0.3) is 10.0 Å². The Hall–Kier alpha value is -2.14. The summed E-state index contributed by atoms with van der Waals surface area (Å²) in [4.78, 5) is 0.0926. The summed E-state index contributed by atoms with van der Waals surface area (Å²) in [5.74, 6) is -0.0335. The Balaban J connectivity index is 3.30. The summed E-state index contributed by atoms with van der Waals surface area (Å²) in [6, 6.07) is 7.18. The minimum atomic E-state index is -3.87. The van der Waals surface area contributed by atoms with E-state index in [1.165, 1.54) is 12.2 Å². The molecular formula is C16H20N2O2S. The molecule has 0 bridgehead atoms. The normalized spacial score (nSPS) is 14.1. The first-order valence-corrected chi connectivity index (χ1v) is 7.89. The van der Waals surface area contributed by atoms with E-state index in [4.69, 9.17) is 5.73 Å². The lowest BCUT2D eigenvalue weighted by molar-refractivity contribution is 0.604. The topological polar surface area (TPSA) is 72.5 Å². The van der Waals surface area contributed by atoms with E-state index < -0.39 is 10.0 Å². The van der Waals surface area contributed by atoms with Gasteiger partial charge in [0.15, 0.2) is 0 Å². The van der Waals surface area contributed by atoms with Crippen LogP contribution >= 0.6 is 0 Å². The zero-order valence-electron chi connectivity index (χ0n) is 12.5. The Morgan fingerprint density at radius 1 is 1.29 bits per heavy atom. The fourth-order valence-electron chi connectivity index (χ4n) is 1.63. The van der Waals surface area contributed by atoms with Crippen molar-refractivity contribution in [1.29, 1.82) is 0 Å². The highest BCUT2D eigenvalue weighted by Crippen LogP contribution is 2.19. The smallest absolute Gasteiger partial charge is 0.284 e. The molecule has 0 fully saturated rings. The van der Waals surface area contributed by atoms with Gasteiger partial charge < -0.3 is 5.73 Å². The van der Waals surface area contributed by atoms with Crippen LogP contribution in [0.4, 0.5) is 0 Å². The molecule has 0 unspecified atom stereocenters. The van der Waals surface area contributed by atoms with Crippen LogP contribution in [0, 0.1) is 6.92 Å². The number of rotatable bonds is 5. The average molecular weight is 304 g/mol. The lowest BCUT2D eigenvalue weighted by Gasteiger charge is -2.06. The van der Waals surface area contributed by atoms with Crippen LogP contribution in [0.3, 0.4) is 0 Å². The molecule has 4 nitrogen and oxygen atoms in total. The highest BCUT2D eigenvalue weighted by Gasteiger charge is 2.18. The van der Waals surface area contributed by atoms with E-state index >= 15 is 0 Å². The molecule has 1 rings (SSSR count). The van der Waals surface area contributed by atoms with Gasteiger partial charge in [0.1, 0.15) is 5.84 Å². The summed E-state index contributed by atoms with van der Waals surface area (Å²) in [6.07, 6.45) is 4.53. The Kier molecular flexibility index (Phi) is 5.67. The Bertz CT molecular complexity index is 709. The van der Waals surface area contributed by atoms with Gasteiger partial charge in [-0.3, -0.25) is 0 Å². The molecule has 2 N–H and O–H groups in total. The molecule has 0 spiro atoms. The van der Waals surface area contributed by atoms with Crippen LogP contribution in [-0.2, 0) is 10.0 Å². The summed E-state index contributed by atoms with van der Waals surface area (Å²) in [5, 5.41) is 0. The molecule has 0 aliphatic heterocycles. The second-order valence-corrected chi connectivity index (χ2v) is 6.13. The summed E-state index contributed by atoms with van der Waals surface area (Å²) >= 11 is 0. The summed E-state index contributed by atoms with van der Waals surface area (Å²) < 4.78 is 28.4. The standard InChI is InChI=1S/C16H20N2O2S/c1-5-7-15(13(4)6-2)21(19,20)18-16(17)14-10-8-12(3)9-11-14/h5-11H,1H2,2-4H3,(H2,17,18)/b13-6-,15-7+. The average Bonchev–Trinajstić information content (AvgIpc) is 2.43. The van der Waals surface area contributed by atoms with Crippen molar-refractivity contribution in [2.45, 2.75) is 20.8 Å². The lowest BCUT2D eigenvalue weighted by Crippen LogP contribution is -2.17. The van der Waals surface area contributed by atoms with Crippen molar-refractivity contribution in [3.05, 3.63) is 70.7 Å². The van der Waals surface area contributed by atoms with E-state index in [2.05, 4.69) is 11.0 Å². The maximum absolute atomic E-state index is 12.3. The molecule has 1 aromatic carbocycles. The van der Waals surface area contributed by atoms with E-state index in [9.17, 15) is 8.42 Å². The molecule has 112 valence electrons. The second kappa shape index (κ2) is 7.04. The molecule has 0 radical (unpaired) electrons. The van der Waals surface area contributed by atoms with Crippen LogP contribution in [0.25, 0.3) is 0 Å². The van der Waals surface area contributed by atoms with Gasteiger partial charge in [0, 0.05) is 5.56 Å². The van der Waals surface area contributed by atoms with Crippen LogP contribution < -0.4 is 5.73 Å². The fourth-order valence-corrected chi connectivity index (χ4v) is 2.88.